The van der Waals surface area contributed by atoms with E-state index in [4.69, 9.17) is 4.74 Å². The SMILES string of the molecule is CCCC(=O)NC[C@H](c1ccc(C)cc1)N1CCOCC1. The van der Waals surface area contributed by atoms with Gasteiger partial charge in [0.1, 0.15) is 0 Å². The molecule has 0 bridgehead atoms. The van der Waals surface area contributed by atoms with Crippen molar-refractivity contribution in [2.45, 2.75) is 32.7 Å². The van der Waals surface area contributed by atoms with Gasteiger partial charge >= 0.3 is 0 Å². The fourth-order valence-corrected chi connectivity index (χ4v) is 2.66. The molecule has 0 spiro atoms. The average Bonchev–Trinajstić information content (AvgIpc) is 2.50. The lowest BCUT2D eigenvalue weighted by atomic mass is 10.0. The van der Waals surface area contributed by atoms with E-state index in [1.54, 1.807) is 0 Å². The van der Waals surface area contributed by atoms with Crippen LogP contribution in [-0.2, 0) is 9.53 Å². The summed E-state index contributed by atoms with van der Waals surface area (Å²) >= 11 is 0. The number of carbonyl (C=O) groups excluding carboxylic acids is 1. The summed E-state index contributed by atoms with van der Waals surface area (Å²) in [5.41, 5.74) is 2.52. The largest absolute Gasteiger partial charge is 0.379 e. The second kappa shape index (κ2) is 8.15. The predicted octanol–water partition coefficient (Wildman–Crippen LogP) is 2.28. The van der Waals surface area contributed by atoms with E-state index < -0.39 is 0 Å². The molecule has 116 valence electrons. The molecule has 0 aromatic heterocycles. The van der Waals surface area contributed by atoms with Gasteiger partial charge in [-0.2, -0.15) is 0 Å². The van der Waals surface area contributed by atoms with Crippen LogP contribution in [-0.4, -0.2) is 43.7 Å². The number of nitrogens with zero attached hydrogens (tertiary/aromatic N) is 1. The van der Waals surface area contributed by atoms with Gasteiger partial charge < -0.3 is 10.1 Å². The number of ether oxygens (including phenoxy) is 1. The third kappa shape index (κ3) is 4.83. The molecule has 1 saturated heterocycles. The lowest BCUT2D eigenvalue weighted by Crippen LogP contribution is -2.43. The van der Waals surface area contributed by atoms with Crippen molar-refractivity contribution < 1.29 is 9.53 Å². The van der Waals surface area contributed by atoms with E-state index in [-0.39, 0.29) is 11.9 Å². The molecular weight excluding hydrogens is 264 g/mol. The van der Waals surface area contributed by atoms with Gasteiger partial charge in [-0.25, -0.2) is 0 Å². The van der Waals surface area contributed by atoms with Gasteiger partial charge in [-0.1, -0.05) is 36.8 Å². The molecule has 1 aliphatic heterocycles. The van der Waals surface area contributed by atoms with E-state index >= 15 is 0 Å². The summed E-state index contributed by atoms with van der Waals surface area (Å²) in [7, 11) is 0. The Morgan fingerprint density at radius 3 is 2.57 bits per heavy atom. The molecule has 0 radical (unpaired) electrons. The van der Waals surface area contributed by atoms with Crippen LogP contribution in [0.3, 0.4) is 0 Å². The number of rotatable bonds is 6. The first-order valence-electron chi connectivity index (χ1n) is 7.85. The van der Waals surface area contributed by atoms with Crippen molar-refractivity contribution in [2.24, 2.45) is 0 Å². The van der Waals surface area contributed by atoms with Crippen LogP contribution in [0.15, 0.2) is 24.3 Å². The molecule has 0 unspecified atom stereocenters. The van der Waals surface area contributed by atoms with Gasteiger partial charge in [-0.05, 0) is 18.9 Å². The van der Waals surface area contributed by atoms with E-state index in [0.717, 1.165) is 32.7 Å². The van der Waals surface area contributed by atoms with E-state index in [1.807, 2.05) is 6.92 Å². The van der Waals surface area contributed by atoms with E-state index in [1.165, 1.54) is 11.1 Å². The minimum absolute atomic E-state index is 0.142. The van der Waals surface area contributed by atoms with Crippen LogP contribution in [0.4, 0.5) is 0 Å². The van der Waals surface area contributed by atoms with Crippen molar-refractivity contribution in [2.75, 3.05) is 32.8 Å². The molecule has 1 heterocycles. The normalized spacial score (nSPS) is 17.4. The van der Waals surface area contributed by atoms with Gasteiger partial charge in [-0.15, -0.1) is 0 Å². The minimum Gasteiger partial charge on any atom is -0.379 e. The highest BCUT2D eigenvalue weighted by Crippen LogP contribution is 2.21. The molecule has 1 aromatic carbocycles. The summed E-state index contributed by atoms with van der Waals surface area (Å²) in [6.07, 6.45) is 1.49. The second-order valence-electron chi connectivity index (χ2n) is 5.63. The highest BCUT2D eigenvalue weighted by molar-refractivity contribution is 5.75. The summed E-state index contributed by atoms with van der Waals surface area (Å²) in [4.78, 5) is 14.2. The first kappa shape index (κ1) is 16.0. The summed E-state index contributed by atoms with van der Waals surface area (Å²) in [5.74, 6) is 0.142. The maximum atomic E-state index is 11.8. The van der Waals surface area contributed by atoms with Crippen molar-refractivity contribution in [3.05, 3.63) is 35.4 Å². The van der Waals surface area contributed by atoms with Crippen LogP contribution >= 0.6 is 0 Å². The van der Waals surface area contributed by atoms with Crippen LogP contribution in [0, 0.1) is 6.92 Å². The van der Waals surface area contributed by atoms with Crippen molar-refractivity contribution in [1.82, 2.24) is 10.2 Å². The number of carbonyl (C=O) groups is 1. The molecule has 1 fully saturated rings. The number of hydrogen-bond acceptors (Lipinski definition) is 3. The molecule has 0 aliphatic carbocycles. The Balaban J connectivity index is 2.05. The van der Waals surface area contributed by atoms with E-state index in [0.29, 0.717) is 13.0 Å². The standard InChI is InChI=1S/C17H26N2O2/c1-3-4-17(20)18-13-16(19-9-11-21-12-10-19)15-7-5-14(2)6-8-15/h5-8,16H,3-4,9-13H2,1-2H3,(H,18,20)/t16-/m1/s1. The smallest absolute Gasteiger partial charge is 0.220 e. The third-order valence-electron chi connectivity index (χ3n) is 3.92. The van der Waals surface area contributed by atoms with Gasteiger partial charge in [0.2, 0.25) is 5.91 Å². The molecule has 1 atom stereocenters. The summed E-state index contributed by atoms with van der Waals surface area (Å²) in [6.45, 7) is 8.17. The zero-order valence-electron chi connectivity index (χ0n) is 13.1. The lowest BCUT2D eigenvalue weighted by molar-refractivity contribution is -0.121. The predicted molar refractivity (Wildman–Crippen MR) is 84.2 cm³/mol. The molecule has 0 saturated carbocycles. The Bertz CT molecular complexity index is 439. The Morgan fingerprint density at radius 1 is 1.29 bits per heavy atom. The number of morpholine rings is 1. The Hall–Kier alpha value is -1.39. The number of amides is 1. The van der Waals surface area contributed by atoms with Gasteiger partial charge in [0.05, 0.1) is 19.3 Å². The topological polar surface area (TPSA) is 41.6 Å². The molecule has 1 aromatic rings. The Labute approximate surface area is 127 Å². The molecule has 1 amide bonds. The molecule has 2 rings (SSSR count). The van der Waals surface area contributed by atoms with Gasteiger partial charge in [-0.3, -0.25) is 9.69 Å². The van der Waals surface area contributed by atoms with Crippen molar-refractivity contribution in [3.8, 4) is 0 Å². The molecule has 4 heteroatoms. The molecule has 4 nitrogen and oxygen atoms in total. The minimum atomic E-state index is 0.142. The van der Waals surface area contributed by atoms with Crippen molar-refractivity contribution in [1.29, 1.82) is 0 Å². The second-order valence-corrected chi connectivity index (χ2v) is 5.63. The van der Waals surface area contributed by atoms with Gasteiger partial charge in [0.25, 0.3) is 0 Å². The van der Waals surface area contributed by atoms with E-state index in [2.05, 4.69) is 41.4 Å². The summed E-state index contributed by atoms with van der Waals surface area (Å²) < 4.78 is 5.44. The molecule has 1 N–H and O–H groups in total. The Kier molecular flexibility index (Phi) is 6.21. The van der Waals surface area contributed by atoms with Crippen LogP contribution in [0.25, 0.3) is 0 Å². The first-order chi connectivity index (χ1) is 10.2. The van der Waals surface area contributed by atoms with Crippen LogP contribution in [0.5, 0.6) is 0 Å². The number of benzene rings is 1. The quantitative estimate of drug-likeness (QED) is 0.874. The van der Waals surface area contributed by atoms with Crippen LogP contribution in [0.1, 0.15) is 36.9 Å². The maximum Gasteiger partial charge on any atom is 0.220 e. The number of hydrogen-bond donors (Lipinski definition) is 1. The molecular formula is C17H26N2O2. The first-order valence-corrected chi connectivity index (χ1v) is 7.85. The van der Waals surface area contributed by atoms with Crippen LogP contribution < -0.4 is 5.32 Å². The highest BCUT2D eigenvalue weighted by atomic mass is 16.5. The summed E-state index contributed by atoms with van der Waals surface area (Å²) in [6, 6.07) is 8.84. The van der Waals surface area contributed by atoms with Gasteiger partial charge in [0, 0.05) is 26.1 Å². The fourth-order valence-electron chi connectivity index (χ4n) is 2.66. The van der Waals surface area contributed by atoms with Crippen molar-refractivity contribution in [3.63, 3.8) is 0 Å². The lowest BCUT2D eigenvalue weighted by Gasteiger charge is -2.35. The zero-order chi connectivity index (χ0) is 15.1. The monoisotopic (exact) mass is 290 g/mol. The summed E-state index contributed by atoms with van der Waals surface area (Å²) in [5, 5.41) is 3.07. The number of aryl methyl sites for hydroxylation is 1. The molecule has 1 aliphatic rings. The highest BCUT2D eigenvalue weighted by Gasteiger charge is 2.22. The fraction of sp³-hybridized carbons (Fsp3) is 0.588. The van der Waals surface area contributed by atoms with Gasteiger partial charge in [0.15, 0.2) is 0 Å². The average molecular weight is 290 g/mol. The number of nitrogens with one attached hydrogen (secondary N) is 1. The third-order valence-corrected chi connectivity index (χ3v) is 3.92. The zero-order valence-corrected chi connectivity index (χ0v) is 13.1. The van der Waals surface area contributed by atoms with Crippen molar-refractivity contribution >= 4 is 5.91 Å². The maximum absolute atomic E-state index is 11.8. The van der Waals surface area contributed by atoms with Crippen LogP contribution in [0.2, 0.25) is 0 Å². The van der Waals surface area contributed by atoms with E-state index in [9.17, 15) is 4.79 Å². The molecule has 21 heavy (non-hydrogen) atoms. The Morgan fingerprint density at radius 2 is 1.95 bits per heavy atom.